The second-order valence-corrected chi connectivity index (χ2v) is 4.38. The van der Waals surface area contributed by atoms with Gasteiger partial charge in [-0.15, -0.1) is 5.11 Å². The highest BCUT2D eigenvalue weighted by atomic mass is 16.3. The van der Waals surface area contributed by atoms with Crippen LogP contribution in [0.25, 0.3) is 0 Å². The zero-order valence-electron chi connectivity index (χ0n) is 13.2. The molecule has 1 aromatic heterocycles. The van der Waals surface area contributed by atoms with Crippen molar-refractivity contribution in [2.24, 2.45) is 10.2 Å². The van der Waals surface area contributed by atoms with Crippen LogP contribution in [0.5, 0.6) is 0 Å². The first-order valence-electron chi connectivity index (χ1n) is 7.33. The van der Waals surface area contributed by atoms with Crippen molar-refractivity contribution >= 4 is 17.2 Å². The van der Waals surface area contributed by atoms with Gasteiger partial charge < -0.3 is 20.8 Å². The maximum atomic E-state index is 8.15. The van der Waals surface area contributed by atoms with Crippen molar-refractivity contribution in [1.29, 1.82) is 0 Å². The predicted octanol–water partition coefficient (Wildman–Crippen LogP) is 2.10. The van der Waals surface area contributed by atoms with Gasteiger partial charge in [-0.2, -0.15) is 5.11 Å². The van der Waals surface area contributed by atoms with E-state index in [4.69, 9.17) is 10.2 Å². The molecule has 0 radical (unpaired) electrons. The van der Waals surface area contributed by atoms with E-state index in [-0.39, 0.29) is 13.2 Å². The summed E-state index contributed by atoms with van der Waals surface area (Å²) >= 11 is 0. The van der Waals surface area contributed by atoms with Crippen LogP contribution >= 0.6 is 0 Å². The Kier molecular flexibility index (Phi) is 9.93. The van der Waals surface area contributed by atoms with Crippen molar-refractivity contribution in [3.63, 3.8) is 0 Å². The van der Waals surface area contributed by atoms with Gasteiger partial charge in [-0.3, -0.25) is 0 Å². The van der Waals surface area contributed by atoms with Crippen molar-refractivity contribution in [1.82, 2.24) is 10.3 Å². The Labute approximate surface area is 136 Å². The first kappa shape index (κ1) is 18.7. The molecule has 0 amide bonds. The van der Waals surface area contributed by atoms with E-state index < -0.39 is 0 Å². The summed E-state index contributed by atoms with van der Waals surface area (Å²) in [5.74, 6) is 0.818. The van der Waals surface area contributed by atoms with E-state index in [9.17, 15) is 0 Å². The van der Waals surface area contributed by atoms with Gasteiger partial charge in [0.1, 0.15) is 11.5 Å². The molecule has 23 heavy (non-hydrogen) atoms. The monoisotopic (exact) mass is 317 g/mol. The molecule has 124 valence electrons. The van der Waals surface area contributed by atoms with Crippen LogP contribution in [0.2, 0.25) is 0 Å². The van der Waals surface area contributed by atoms with Crippen molar-refractivity contribution in [3.8, 4) is 0 Å². The SMILES string of the molecule is CNc1ccc(N=Nc2ccccc2)cn1.OCCNCCO. The van der Waals surface area contributed by atoms with E-state index in [0.717, 1.165) is 17.2 Å². The summed E-state index contributed by atoms with van der Waals surface area (Å²) in [5, 5.41) is 30.2. The lowest BCUT2D eigenvalue weighted by Gasteiger charge is -1.97. The largest absolute Gasteiger partial charge is 0.395 e. The van der Waals surface area contributed by atoms with Gasteiger partial charge >= 0.3 is 0 Å². The molecule has 0 saturated carbocycles. The molecule has 0 aliphatic heterocycles. The molecule has 0 saturated heterocycles. The van der Waals surface area contributed by atoms with Gasteiger partial charge in [0.15, 0.2) is 0 Å². The number of aliphatic hydroxyl groups excluding tert-OH is 2. The highest BCUT2D eigenvalue weighted by Gasteiger charge is 1.92. The molecule has 0 aliphatic carbocycles. The summed E-state index contributed by atoms with van der Waals surface area (Å²) in [6.45, 7) is 1.42. The third-order valence-corrected chi connectivity index (χ3v) is 2.62. The zero-order chi connectivity index (χ0) is 16.8. The topological polar surface area (TPSA) is 102 Å². The maximum Gasteiger partial charge on any atom is 0.125 e. The first-order chi connectivity index (χ1) is 11.3. The van der Waals surface area contributed by atoms with Crippen LogP contribution in [0.1, 0.15) is 0 Å². The summed E-state index contributed by atoms with van der Waals surface area (Å²) in [4.78, 5) is 4.14. The Balaban J connectivity index is 0.000000322. The highest BCUT2D eigenvalue weighted by Crippen LogP contribution is 2.17. The van der Waals surface area contributed by atoms with Gasteiger partial charge in [-0.05, 0) is 24.3 Å². The number of benzene rings is 1. The van der Waals surface area contributed by atoms with Crippen LogP contribution < -0.4 is 10.6 Å². The molecule has 1 aromatic carbocycles. The molecule has 0 unspecified atom stereocenters. The van der Waals surface area contributed by atoms with E-state index in [1.165, 1.54) is 0 Å². The number of nitrogens with one attached hydrogen (secondary N) is 2. The van der Waals surface area contributed by atoms with Gasteiger partial charge in [-0.25, -0.2) is 4.98 Å². The fourth-order valence-corrected chi connectivity index (χ4v) is 1.49. The minimum atomic E-state index is 0.139. The molecule has 2 rings (SSSR count). The molecule has 1 heterocycles. The molecule has 0 fully saturated rings. The minimum absolute atomic E-state index is 0.139. The van der Waals surface area contributed by atoms with Crippen molar-refractivity contribution in [3.05, 3.63) is 48.7 Å². The lowest BCUT2D eigenvalue weighted by atomic mass is 10.3. The van der Waals surface area contributed by atoms with Gasteiger partial charge in [0, 0.05) is 20.1 Å². The fraction of sp³-hybridized carbons (Fsp3) is 0.312. The molecule has 0 bridgehead atoms. The molecular formula is C16H23N5O2. The van der Waals surface area contributed by atoms with E-state index in [2.05, 4.69) is 25.8 Å². The Morgan fingerprint density at radius 3 is 2.09 bits per heavy atom. The molecule has 2 aromatic rings. The third kappa shape index (κ3) is 8.62. The van der Waals surface area contributed by atoms with Crippen LogP contribution in [0, 0.1) is 0 Å². The van der Waals surface area contributed by atoms with Crippen molar-refractivity contribution in [2.45, 2.75) is 0 Å². The van der Waals surface area contributed by atoms with Crippen LogP contribution in [0.4, 0.5) is 17.2 Å². The number of rotatable bonds is 7. The lowest BCUT2D eigenvalue weighted by molar-refractivity contribution is 0.267. The number of hydrogen-bond donors (Lipinski definition) is 4. The number of nitrogens with zero attached hydrogens (tertiary/aromatic N) is 3. The summed E-state index contributed by atoms with van der Waals surface area (Å²) < 4.78 is 0. The van der Waals surface area contributed by atoms with E-state index in [0.29, 0.717) is 13.1 Å². The number of anilines is 1. The fourth-order valence-electron chi connectivity index (χ4n) is 1.49. The van der Waals surface area contributed by atoms with Gasteiger partial charge in [0.05, 0.1) is 25.1 Å². The summed E-state index contributed by atoms with van der Waals surface area (Å²) in [6, 6.07) is 13.3. The summed E-state index contributed by atoms with van der Waals surface area (Å²) in [6.07, 6.45) is 1.68. The van der Waals surface area contributed by atoms with Crippen molar-refractivity contribution in [2.75, 3.05) is 38.7 Å². The Bertz CT molecular complexity index is 542. The van der Waals surface area contributed by atoms with Crippen molar-refractivity contribution < 1.29 is 10.2 Å². The first-order valence-corrected chi connectivity index (χ1v) is 7.33. The third-order valence-electron chi connectivity index (χ3n) is 2.62. The smallest absolute Gasteiger partial charge is 0.125 e. The van der Waals surface area contributed by atoms with Gasteiger partial charge in [0.25, 0.3) is 0 Å². The number of hydrogen-bond acceptors (Lipinski definition) is 7. The molecule has 7 heteroatoms. The molecule has 0 aliphatic rings. The average Bonchev–Trinajstić information content (AvgIpc) is 2.62. The normalized spacial score (nSPS) is 10.2. The summed E-state index contributed by atoms with van der Waals surface area (Å²) in [7, 11) is 1.83. The van der Waals surface area contributed by atoms with E-state index in [1.54, 1.807) is 6.20 Å². The minimum Gasteiger partial charge on any atom is -0.395 e. The summed E-state index contributed by atoms with van der Waals surface area (Å²) in [5.41, 5.74) is 1.57. The van der Waals surface area contributed by atoms with Crippen LogP contribution in [0.15, 0.2) is 58.9 Å². The molecule has 7 nitrogen and oxygen atoms in total. The average molecular weight is 317 g/mol. The zero-order valence-corrected chi connectivity index (χ0v) is 13.2. The Morgan fingerprint density at radius 2 is 1.57 bits per heavy atom. The Hall–Kier alpha value is -2.35. The second-order valence-electron chi connectivity index (χ2n) is 4.38. The van der Waals surface area contributed by atoms with Crippen LogP contribution in [0.3, 0.4) is 0 Å². The second kappa shape index (κ2) is 12.2. The maximum absolute atomic E-state index is 8.15. The predicted molar refractivity (Wildman–Crippen MR) is 91.4 cm³/mol. The Morgan fingerprint density at radius 1 is 0.913 bits per heavy atom. The molecule has 0 atom stereocenters. The number of aromatic nitrogens is 1. The number of pyridine rings is 1. The number of azo groups is 1. The molecule has 0 spiro atoms. The number of aliphatic hydroxyl groups is 2. The van der Waals surface area contributed by atoms with Crippen LogP contribution in [-0.2, 0) is 0 Å². The molecular weight excluding hydrogens is 294 g/mol. The van der Waals surface area contributed by atoms with E-state index in [1.807, 2.05) is 49.5 Å². The quantitative estimate of drug-likeness (QED) is 0.463. The standard InChI is InChI=1S/C12H12N4.C4H11NO2/c1-13-12-8-7-11(9-14-12)16-15-10-5-3-2-4-6-10;6-3-1-5-2-4-7/h2-9H,1H3,(H,13,14);5-7H,1-4H2. The van der Waals surface area contributed by atoms with E-state index >= 15 is 0 Å². The lowest BCUT2D eigenvalue weighted by Crippen LogP contribution is -2.21. The van der Waals surface area contributed by atoms with Gasteiger partial charge in [-0.1, -0.05) is 18.2 Å². The highest BCUT2D eigenvalue weighted by molar-refractivity contribution is 5.43. The molecule has 4 N–H and O–H groups in total. The van der Waals surface area contributed by atoms with Crippen LogP contribution in [-0.4, -0.2) is 48.5 Å². The van der Waals surface area contributed by atoms with Gasteiger partial charge in [0.2, 0.25) is 0 Å².